The summed E-state index contributed by atoms with van der Waals surface area (Å²) in [5.74, 6) is -0.367. The summed E-state index contributed by atoms with van der Waals surface area (Å²) >= 11 is 4.66. The number of alkyl halides is 3. The molecule has 4 heterocycles. The third-order valence-corrected chi connectivity index (χ3v) is 6.65. The number of anilines is 1. The number of hydrogen-bond donors (Lipinski definition) is 2. The van der Waals surface area contributed by atoms with Gasteiger partial charge in [0.1, 0.15) is 5.82 Å². The van der Waals surface area contributed by atoms with E-state index < -0.39 is 24.2 Å². The molecule has 0 saturated carbocycles. The van der Waals surface area contributed by atoms with E-state index in [0.717, 1.165) is 22.4 Å². The second kappa shape index (κ2) is 7.68. The SMILES string of the molecule is O=C(NC[C@H]1CCCO1)c1nn2c(c1Br)N[C@H](c1cccs1)C[C@@H]2C(F)(F)F. The number of fused-ring (bicyclic) bond motifs is 1. The fraction of sp³-hybridized carbons (Fsp3) is 0.529. The zero-order valence-corrected chi connectivity index (χ0v) is 17.0. The third kappa shape index (κ3) is 3.79. The van der Waals surface area contributed by atoms with Crippen LogP contribution in [0.2, 0.25) is 0 Å². The Kier molecular flexibility index (Phi) is 5.41. The van der Waals surface area contributed by atoms with Gasteiger partial charge < -0.3 is 15.4 Å². The van der Waals surface area contributed by atoms with Crippen molar-refractivity contribution in [2.75, 3.05) is 18.5 Å². The molecule has 1 amide bonds. The van der Waals surface area contributed by atoms with E-state index in [2.05, 4.69) is 31.7 Å². The Morgan fingerprint density at radius 2 is 2.32 bits per heavy atom. The van der Waals surface area contributed by atoms with E-state index >= 15 is 0 Å². The van der Waals surface area contributed by atoms with Gasteiger partial charge >= 0.3 is 6.18 Å². The molecule has 1 saturated heterocycles. The van der Waals surface area contributed by atoms with Crippen LogP contribution in [-0.4, -0.2) is 41.1 Å². The Balaban J connectivity index is 1.61. The van der Waals surface area contributed by atoms with Crippen LogP contribution in [0.25, 0.3) is 0 Å². The number of rotatable bonds is 4. The minimum Gasteiger partial charge on any atom is -0.376 e. The third-order valence-electron chi connectivity index (χ3n) is 4.91. The van der Waals surface area contributed by atoms with E-state index in [1.165, 1.54) is 11.3 Å². The molecule has 0 aromatic carbocycles. The molecule has 11 heteroatoms. The van der Waals surface area contributed by atoms with Crippen molar-refractivity contribution in [2.24, 2.45) is 0 Å². The molecule has 1 fully saturated rings. The fourth-order valence-corrected chi connectivity index (χ4v) is 4.85. The van der Waals surface area contributed by atoms with Crippen molar-refractivity contribution in [1.82, 2.24) is 15.1 Å². The number of nitrogens with one attached hydrogen (secondary N) is 2. The molecule has 0 aliphatic carbocycles. The maximum absolute atomic E-state index is 13.7. The molecular formula is C17H18BrF3N4O2S. The minimum absolute atomic E-state index is 0.0655. The van der Waals surface area contributed by atoms with Crippen LogP contribution in [0.4, 0.5) is 19.0 Å². The molecule has 2 aliphatic rings. The standard InChI is InChI=1S/C17H18BrF3N4O2S/c18-13-14(16(26)22-8-9-3-1-5-27-9)24-25-12(17(19,20)21)7-10(23-15(13)25)11-4-2-6-28-11/h2,4,6,9-10,12,23H,1,3,5,7-8H2,(H,22,26)/t9-,10+,12-/m1/s1. The maximum Gasteiger partial charge on any atom is 0.410 e. The van der Waals surface area contributed by atoms with Crippen LogP contribution in [-0.2, 0) is 4.74 Å². The van der Waals surface area contributed by atoms with Crippen molar-refractivity contribution in [1.29, 1.82) is 0 Å². The molecule has 2 N–H and O–H groups in total. The summed E-state index contributed by atoms with van der Waals surface area (Å²) in [6.07, 6.45) is -2.96. The Bertz CT molecular complexity index is 849. The predicted octanol–water partition coefficient (Wildman–Crippen LogP) is 4.28. The largest absolute Gasteiger partial charge is 0.410 e. The number of carbonyl (C=O) groups excluding carboxylic acids is 1. The molecule has 0 bridgehead atoms. The molecular weight excluding hydrogens is 461 g/mol. The number of nitrogens with zero attached hydrogens (tertiary/aromatic N) is 2. The molecule has 3 atom stereocenters. The van der Waals surface area contributed by atoms with Gasteiger partial charge in [0, 0.05) is 24.4 Å². The molecule has 6 nitrogen and oxygen atoms in total. The predicted molar refractivity (Wildman–Crippen MR) is 102 cm³/mol. The van der Waals surface area contributed by atoms with Crippen LogP contribution in [0.1, 0.15) is 46.7 Å². The number of carbonyl (C=O) groups is 1. The topological polar surface area (TPSA) is 68.2 Å². The molecule has 152 valence electrons. The van der Waals surface area contributed by atoms with Gasteiger partial charge in [0.05, 0.1) is 16.6 Å². The van der Waals surface area contributed by atoms with Crippen LogP contribution < -0.4 is 10.6 Å². The zero-order valence-electron chi connectivity index (χ0n) is 14.6. The van der Waals surface area contributed by atoms with Crippen LogP contribution in [0, 0.1) is 0 Å². The monoisotopic (exact) mass is 478 g/mol. The number of hydrogen-bond acceptors (Lipinski definition) is 5. The first-order chi connectivity index (χ1) is 13.3. The normalized spacial score (nSPS) is 24.6. The highest BCUT2D eigenvalue weighted by atomic mass is 79.9. The van der Waals surface area contributed by atoms with Gasteiger partial charge in [0.25, 0.3) is 5.91 Å². The second-order valence-electron chi connectivity index (χ2n) is 6.81. The number of halogens is 4. The molecule has 4 rings (SSSR count). The van der Waals surface area contributed by atoms with E-state index in [0.29, 0.717) is 13.2 Å². The van der Waals surface area contributed by atoms with Gasteiger partial charge in [-0.25, -0.2) is 4.68 Å². The van der Waals surface area contributed by atoms with Gasteiger partial charge in [-0.1, -0.05) is 6.07 Å². The first-order valence-electron chi connectivity index (χ1n) is 8.89. The molecule has 2 aromatic heterocycles. The fourth-order valence-electron chi connectivity index (χ4n) is 3.51. The van der Waals surface area contributed by atoms with E-state index in [1.54, 1.807) is 12.1 Å². The molecule has 2 aromatic rings. The summed E-state index contributed by atoms with van der Waals surface area (Å²) < 4.78 is 47.7. The summed E-state index contributed by atoms with van der Waals surface area (Å²) in [6.45, 7) is 0.964. The number of thiophene rings is 1. The number of ether oxygens (including phenoxy) is 1. The Morgan fingerprint density at radius 3 is 2.96 bits per heavy atom. The summed E-state index contributed by atoms with van der Waals surface area (Å²) in [6, 6.07) is 1.28. The van der Waals surface area contributed by atoms with E-state index in [-0.39, 0.29) is 28.5 Å². The van der Waals surface area contributed by atoms with Crippen LogP contribution in [0.3, 0.4) is 0 Å². The maximum atomic E-state index is 13.7. The lowest BCUT2D eigenvalue weighted by Gasteiger charge is -2.33. The lowest BCUT2D eigenvalue weighted by Crippen LogP contribution is -2.36. The molecule has 0 unspecified atom stereocenters. The van der Waals surface area contributed by atoms with Gasteiger partial charge in [-0.3, -0.25) is 4.79 Å². The molecule has 0 radical (unpaired) electrons. The van der Waals surface area contributed by atoms with E-state index in [9.17, 15) is 18.0 Å². The van der Waals surface area contributed by atoms with Crippen molar-refractivity contribution in [3.63, 3.8) is 0 Å². The van der Waals surface area contributed by atoms with E-state index in [4.69, 9.17) is 4.74 Å². The summed E-state index contributed by atoms with van der Waals surface area (Å²) in [7, 11) is 0. The van der Waals surface area contributed by atoms with Crippen molar-refractivity contribution >= 4 is 39.0 Å². The lowest BCUT2D eigenvalue weighted by molar-refractivity contribution is -0.173. The average molecular weight is 479 g/mol. The van der Waals surface area contributed by atoms with Gasteiger partial charge in [0.15, 0.2) is 11.7 Å². The molecule has 28 heavy (non-hydrogen) atoms. The number of amides is 1. The first-order valence-corrected chi connectivity index (χ1v) is 10.6. The summed E-state index contributed by atoms with van der Waals surface area (Å²) in [5, 5.41) is 11.6. The Morgan fingerprint density at radius 1 is 1.50 bits per heavy atom. The summed E-state index contributed by atoms with van der Waals surface area (Å²) in [4.78, 5) is 13.3. The summed E-state index contributed by atoms with van der Waals surface area (Å²) in [5.41, 5.74) is -0.0680. The van der Waals surface area contributed by atoms with Crippen LogP contribution in [0.5, 0.6) is 0 Å². The minimum atomic E-state index is -4.48. The first kappa shape index (κ1) is 19.7. The highest BCUT2D eigenvalue weighted by molar-refractivity contribution is 9.10. The lowest BCUT2D eigenvalue weighted by atomic mass is 10.0. The number of aromatic nitrogens is 2. The van der Waals surface area contributed by atoms with Gasteiger partial charge in [-0.05, 0) is 40.2 Å². The van der Waals surface area contributed by atoms with Gasteiger partial charge in [0.2, 0.25) is 0 Å². The van der Waals surface area contributed by atoms with Crippen molar-refractivity contribution < 1.29 is 22.7 Å². The van der Waals surface area contributed by atoms with Crippen molar-refractivity contribution in [3.8, 4) is 0 Å². The van der Waals surface area contributed by atoms with Gasteiger partial charge in [-0.15, -0.1) is 11.3 Å². The Labute approximate surface area is 171 Å². The molecule has 0 spiro atoms. The van der Waals surface area contributed by atoms with Crippen molar-refractivity contribution in [3.05, 3.63) is 32.6 Å². The van der Waals surface area contributed by atoms with Crippen molar-refractivity contribution in [2.45, 2.75) is 43.6 Å². The average Bonchev–Trinajstić information content (AvgIpc) is 3.40. The second-order valence-corrected chi connectivity index (χ2v) is 8.58. The quantitative estimate of drug-likeness (QED) is 0.688. The Hall–Kier alpha value is -1.59. The smallest absolute Gasteiger partial charge is 0.376 e. The zero-order chi connectivity index (χ0) is 19.9. The molecule has 2 aliphatic heterocycles. The van der Waals surface area contributed by atoms with Crippen LogP contribution >= 0.6 is 27.3 Å². The van der Waals surface area contributed by atoms with Gasteiger partial charge in [-0.2, -0.15) is 18.3 Å². The van der Waals surface area contributed by atoms with Crippen LogP contribution in [0.15, 0.2) is 22.0 Å². The highest BCUT2D eigenvalue weighted by Crippen LogP contribution is 2.46. The van der Waals surface area contributed by atoms with E-state index in [1.807, 2.05) is 5.38 Å². The highest BCUT2D eigenvalue weighted by Gasteiger charge is 2.48.